The standard InChI is InChI=1S/C30H36N4O2/c1-19-2-5-22(29(35)32-25-7-8-25)15-27(19)21-6-9-26-28(14-21)23(17-33-12-10-24(31)11-13-33)18-34(30(26)36)16-20-3-4-20/h2,5-6,9,14-15,18,20,24-25H,3-4,7-8,10-13,16-17,31H2,1H3,(H,32,35). The minimum absolute atomic E-state index is 0.00787. The topological polar surface area (TPSA) is 80.4 Å². The number of amides is 1. The summed E-state index contributed by atoms with van der Waals surface area (Å²) in [5.41, 5.74) is 11.3. The van der Waals surface area contributed by atoms with Crippen molar-refractivity contribution < 1.29 is 4.79 Å². The highest BCUT2D eigenvalue weighted by atomic mass is 16.1. The van der Waals surface area contributed by atoms with Gasteiger partial charge in [0, 0.05) is 42.3 Å². The van der Waals surface area contributed by atoms with Crippen LogP contribution in [0.15, 0.2) is 47.4 Å². The van der Waals surface area contributed by atoms with Crippen LogP contribution in [0.3, 0.4) is 0 Å². The van der Waals surface area contributed by atoms with E-state index in [-0.39, 0.29) is 11.5 Å². The first-order chi connectivity index (χ1) is 17.4. The third kappa shape index (κ3) is 4.97. The van der Waals surface area contributed by atoms with Gasteiger partial charge in [0.15, 0.2) is 0 Å². The SMILES string of the molecule is Cc1ccc(C(=O)NC2CC2)cc1-c1ccc2c(=O)n(CC3CC3)cc(CN3CCC(N)CC3)c2c1. The zero-order chi connectivity index (χ0) is 24.8. The van der Waals surface area contributed by atoms with Gasteiger partial charge in [-0.25, -0.2) is 0 Å². The van der Waals surface area contributed by atoms with Crippen molar-refractivity contribution in [1.29, 1.82) is 0 Å². The highest BCUT2D eigenvalue weighted by Crippen LogP contribution is 2.32. The zero-order valence-corrected chi connectivity index (χ0v) is 21.1. The molecule has 3 N–H and O–H groups in total. The fraction of sp³-hybridized carbons (Fsp3) is 0.467. The van der Waals surface area contributed by atoms with Crippen molar-refractivity contribution in [3.63, 3.8) is 0 Å². The maximum absolute atomic E-state index is 13.4. The lowest BCUT2D eigenvalue weighted by Gasteiger charge is -2.30. The Morgan fingerprint density at radius 3 is 2.50 bits per heavy atom. The summed E-state index contributed by atoms with van der Waals surface area (Å²) in [7, 11) is 0. The molecule has 0 bridgehead atoms. The van der Waals surface area contributed by atoms with E-state index in [0.29, 0.717) is 23.6 Å². The number of nitrogens with two attached hydrogens (primary N) is 1. The van der Waals surface area contributed by atoms with Gasteiger partial charge in [-0.1, -0.05) is 12.1 Å². The summed E-state index contributed by atoms with van der Waals surface area (Å²) in [6.45, 7) is 5.68. The van der Waals surface area contributed by atoms with Crippen LogP contribution in [-0.2, 0) is 13.1 Å². The normalized spacial score (nSPS) is 19.1. The maximum atomic E-state index is 13.4. The molecule has 0 unspecified atom stereocenters. The van der Waals surface area contributed by atoms with Crippen LogP contribution >= 0.6 is 0 Å². The third-order valence-corrected chi connectivity index (χ3v) is 8.07. The Morgan fingerprint density at radius 2 is 1.78 bits per heavy atom. The van der Waals surface area contributed by atoms with E-state index < -0.39 is 0 Å². The van der Waals surface area contributed by atoms with Gasteiger partial charge < -0.3 is 15.6 Å². The second-order valence-corrected chi connectivity index (χ2v) is 11.2. The first-order valence-corrected chi connectivity index (χ1v) is 13.5. The van der Waals surface area contributed by atoms with Gasteiger partial charge in [0.05, 0.1) is 0 Å². The first kappa shape index (κ1) is 23.4. The van der Waals surface area contributed by atoms with Crippen molar-refractivity contribution in [3.8, 4) is 11.1 Å². The van der Waals surface area contributed by atoms with Crippen molar-refractivity contribution in [3.05, 3.63) is 69.6 Å². The highest BCUT2D eigenvalue weighted by Gasteiger charge is 2.25. The van der Waals surface area contributed by atoms with Crippen LogP contribution in [0.5, 0.6) is 0 Å². The number of piperidine rings is 1. The zero-order valence-electron chi connectivity index (χ0n) is 21.1. The molecule has 1 saturated heterocycles. The fourth-order valence-corrected chi connectivity index (χ4v) is 5.40. The van der Waals surface area contributed by atoms with Crippen LogP contribution in [-0.4, -0.2) is 40.5 Å². The molecule has 6 heteroatoms. The van der Waals surface area contributed by atoms with E-state index in [1.165, 1.54) is 18.4 Å². The largest absolute Gasteiger partial charge is 0.349 e. The molecule has 3 aliphatic rings. The second-order valence-electron chi connectivity index (χ2n) is 11.2. The molecule has 1 amide bonds. The Bertz CT molecular complexity index is 1360. The van der Waals surface area contributed by atoms with E-state index in [2.05, 4.69) is 29.4 Å². The summed E-state index contributed by atoms with van der Waals surface area (Å²) in [6, 6.07) is 12.7. The Balaban J connectivity index is 1.40. The Hall–Kier alpha value is -2.96. The van der Waals surface area contributed by atoms with Crippen molar-refractivity contribution >= 4 is 16.7 Å². The van der Waals surface area contributed by atoms with Gasteiger partial charge in [-0.05, 0) is 116 Å². The Kier molecular flexibility index (Phi) is 6.18. The molecule has 1 aliphatic heterocycles. The summed E-state index contributed by atoms with van der Waals surface area (Å²) in [4.78, 5) is 28.6. The molecule has 2 heterocycles. The maximum Gasteiger partial charge on any atom is 0.258 e. The lowest BCUT2D eigenvalue weighted by Crippen LogP contribution is -2.39. The fourth-order valence-electron chi connectivity index (χ4n) is 5.40. The molecule has 3 aromatic rings. The molecule has 6 rings (SSSR count). The number of carbonyl (C=O) groups excluding carboxylic acids is 1. The van der Waals surface area contributed by atoms with Gasteiger partial charge in [-0.3, -0.25) is 14.5 Å². The van der Waals surface area contributed by atoms with E-state index >= 15 is 0 Å². The number of hydrogen-bond donors (Lipinski definition) is 2. The summed E-state index contributed by atoms with van der Waals surface area (Å²) < 4.78 is 1.94. The van der Waals surface area contributed by atoms with Crippen molar-refractivity contribution in [2.24, 2.45) is 11.7 Å². The number of likely N-dealkylation sites (tertiary alicyclic amines) is 1. The average Bonchev–Trinajstić information content (AvgIpc) is 3.81. The van der Waals surface area contributed by atoms with Gasteiger partial charge in [0.2, 0.25) is 0 Å². The smallest absolute Gasteiger partial charge is 0.258 e. The second kappa shape index (κ2) is 9.49. The van der Waals surface area contributed by atoms with E-state index in [1.807, 2.05) is 34.9 Å². The van der Waals surface area contributed by atoms with E-state index in [0.717, 1.165) is 79.3 Å². The number of fused-ring (bicyclic) bond motifs is 1. The molecule has 0 spiro atoms. The molecule has 2 saturated carbocycles. The van der Waals surface area contributed by atoms with Gasteiger partial charge in [-0.15, -0.1) is 0 Å². The number of carbonyl (C=O) groups is 1. The number of benzene rings is 2. The third-order valence-electron chi connectivity index (χ3n) is 8.07. The monoisotopic (exact) mass is 484 g/mol. The lowest BCUT2D eigenvalue weighted by atomic mass is 9.94. The van der Waals surface area contributed by atoms with E-state index in [9.17, 15) is 9.59 Å². The quantitative estimate of drug-likeness (QED) is 0.527. The van der Waals surface area contributed by atoms with E-state index in [1.54, 1.807) is 0 Å². The number of pyridine rings is 1. The van der Waals surface area contributed by atoms with Crippen LogP contribution in [0.25, 0.3) is 21.9 Å². The average molecular weight is 485 g/mol. The van der Waals surface area contributed by atoms with Crippen molar-refractivity contribution in [2.75, 3.05) is 13.1 Å². The first-order valence-electron chi connectivity index (χ1n) is 13.5. The predicted octanol–water partition coefficient (Wildman–Crippen LogP) is 4.20. The molecule has 3 fully saturated rings. The predicted molar refractivity (Wildman–Crippen MR) is 144 cm³/mol. The molecule has 2 aliphatic carbocycles. The lowest BCUT2D eigenvalue weighted by molar-refractivity contribution is 0.0951. The molecule has 2 aromatic carbocycles. The minimum Gasteiger partial charge on any atom is -0.349 e. The molecule has 36 heavy (non-hydrogen) atoms. The molecular formula is C30H36N4O2. The number of nitrogens with one attached hydrogen (secondary N) is 1. The molecule has 188 valence electrons. The summed E-state index contributed by atoms with van der Waals surface area (Å²) in [5, 5.41) is 4.90. The van der Waals surface area contributed by atoms with Gasteiger partial charge in [0.25, 0.3) is 11.5 Å². The number of aromatic nitrogens is 1. The molecule has 0 radical (unpaired) electrons. The summed E-state index contributed by atoms with van der Waals surface area (Å²) in [6.07, 6.45) is 8.70. The summed E-state index contributed by atoms with van der Waals surface area (Å²) in [5.74, 6) is 0.624. The van der Waals surface area contributed by atoms with Crippen molar-refractivity contribution in [1.82, 2.24) is 14.8 Å². The van der Waals surface area contributed by atoms with Crippen LogP contribution in [0.2, 0.25) is 0 Å². The highest BCUT2D eigenvalue weighted by molar-refractivity contribution is 5.97. The minimum atomic E-state index is -0.00787. The molecular weight excluding hydrogens is 448 g/mol. The van der Waals surface area contributed by atoms with Crippen LogP contribution in [0, 0.1) is 12.8 Å². The van der Waals surface area contributed by atoms with Crippen molar-refractivity contribution in [2.45, 2.75) is 70.6 Å². The number of nitrogens with zero attached hydrogens (tertiary/aromatic N) is 2. The van der Waals surface area contributed by atoms with Gasteiger partial charge in [0.1, 0.15) is 0 Å². The molecule has 6 nitrogen and oxygen atoms in total. The van der Waals surface area contributed by atoms with E-state index in [4.69, 9.17) is 5.73 Å². The van der Waals surface area contributed by atoms with Crippen LogP contribution in [0.4, 0.5) is 0 Å². The van der Waals surface area contributed by atoms with Crippen LogP contribution in [0.1, 0.15) is 60.0 Å². The van der Waals surface area contributed by atoms with Gasteiger partial charge in [-0.2, -0.15) is 0 Å². The number of hydrogen-bond acceptors (Lipinski definition) is 4. The van der Waals surface area contributed by atoms with Gasteiger partial charge >= 0.3 is 0 Å². The summed E-state index contributed by atoms with van der Waals surface area (Å²) >= 11 is 0. The molecule has 1 aromatic heterocycles. The Morgan fingerprint density at radius 1 is 1.00 bits per heavy atom. The molecule has 0 atom stereocenters. The number of rotatable bonds is 7. The Labute approximate surface area is 212 Å². The number of aryl methyl sites for hydroxylation is 1. The van der Waals surface area contributed by atoms with Crippen LogP contribution < -0.4 is 16.6 Å².